The number of hydrogen-bond donors (Lipinski definition) is 2. The number of fused-ring (bicyclic) bond motifs is 1. The molecule has 3 rings (SSSR count). The second-order valence-electron chi connectivity index (χ2n) is 7.79. The molecule has 31 heavy (non-hydrogen) atoms. The van der Waals surface area contributed by atoms with Crippen molar-refractivity contribution in [2.75, 3.05) is 10.6 Å². The fourth-order valence-electron chi connectivity index (χ4n) is 3.70. The molecular formula is C25H31N3O2S. The van der Waals surface area contributed by atoms with Crippen molar-refractivity contribution in [1.29, 1.82) is 0 Å². The van der Waals surface area contributed by atoms with E-state index in [2.05, 4.69) is 10.6 Å². The van der Waals surface area contributed by atoms with Crippen LogP contribution < -0.4 is 10.6 Å². The van der Waals surface area contributed by atoms with Crippen LogP contribution in [0.15, 0.2) is 42.5 Å². The van der Waals surface area contributed by atoms with E-state index in [1.165, 1.54) is 0 Å². The van der Waals surface area contributed by atoms with E-state index in [1.54, 1.807) is 11.3 Å². The molecule has 0 unspecified atom stereocenters. The van der Waals surface area contributed by atoms with Crippen LogP contribution in [0.4, 0.5) is 11.4 Å². The number of nitrogens with zero attached hydrogens (tertiary/aromatic N) is 1. The molecule has 0 aliphatic carbocycles. The molecule has 6 heteroatoms. The molecule has 2 N–H and O–H groups in total. The van der Waals surface area contributed by atoms with Crippen molar-refractivity contribution in [2.24, 2.45) is 11.8 Å². The molecule has 5 nitrogen and oxygen atoms in total. The molecule has 2 aromatic carbocycles. The summed E-state index contributed by atoms with van der Waals surface area (Å²) in [4.78, 5) is 30.1. The Balaban J connectivity index is 1.98. The fourth-order valence-corrected chi connectivity index (χ4v) is 4.65. The Bertz CT molecular complexity index is 975. The van der Waals surface area contributed by atoms with E-state index in [1.807, 2.05) is 70.2 Å². The Kier molecular flexibility index (Phi) is 7.80. The molecule has 0 saturated carbocycles. The smallest absolute Gasteiger partial charge is 0.227 e. The van der Waals surface area contributed by atoms with Gasteiger partial charge in [-0.2, -0.15) is 0 Å². The molecule has 0 atom stereocenters. The highest BCUT2D eigenvalue weighted by molar-refractivity contribution is 7.21. The Hall–Kier alpha value is -2.73. The highest BCUT2D eigenvalue weighted by atomic mass is 32.1. The zero-order chi connectivity index (χ0) is 22.4. The van der Waals surface area contributed by atoms with Crippen molar-refractivity contribution < 1.29 is 9.59 Å². The topological polar surface area (TPSA) is 71.1 Å². The van der Waals surface area contributed by atoms with Crippen molar-refractivity contribution in [3.05, 3.63) is 42.5 Å². The summed E-state index contributed by atoms with van der Waals surface area (Å²) < 4.78 is 1.10. The third-order valence-corrected chi connectivity index (χ3v) is 6.81. The third-order valence-electron chi connectivity index (χ3n) is 5.72. The minimum Gasteiger partial charge on any atom is -0.326 e. The lowest BCUT2D eigenvalue weighted by atomic mass is 10.0. The van der Waals surface area contributed by atoms with Gasteiger partial charge in [0, 0.05) is 28.8 Å². The molecule has 1 heterocycles. The predicted octanol–water partition coefficient (Wildman–Crippen LogP) is 6.71. The number of nitrogens with one attached hydrogen (secondary N) is 2. The molecule has 0 fully saturated rings. The van der Waals surface area contributed by atoms with Crippen molar-refractivity contribution in [3.63, 3.8) is 0 Å². The Labute approximate surface area is 188 Å². The molecule has 0 saturated heterocycles. The highest BCUT2D eigenvalue weighted by Crippen LogP contribution is 2.34. The van der Waals surface area contributed by atoms with Gasteiger partial charge in [0.15, 0.2) is 0 Å². The quantitative estimate of drug-likeness (QED) is 0.391. The maximum absolute atomic E-state index is 12.7. The van der Waals surface area contributed by atoms with Crippen LogP contribution in [0.2, 0.25) is 0 Å². The van der Waals surface area contributed by atoms with Crippen LogP contribution in [0, 0.1) is 11.8 Å². The second kappa shape index (κ2) is 10.5. The molecule has 0 radical (unpaired) electrons. The predicted molar refractivity (Wildman–Crippen MR) is 130 cm³/mol. The van der Waals surface area contributed by atoms with Gasteiger partial charge in [0.25, 0.3) is 0 Å². The molecule has 164 valence electrons. The Morgan fingerprint density at radius 3 is 1.84 bits per heavy atom. The van der Waals surface area contributed by atoms with Crippen LogP contribution in [0.1, 0.15) is 53.4 Å². The summed E-state index contributed by atoms with van der Waals surface area (Å²) in [6.45, 7) is 8.08. The van der Waals surface area contributed by atoms with Crippen molar-refractivity contribution in [3.8, 4) is 10.6 Å². The fraction of sp³-hybridized carbons (Fsp3) is 0.400. The van der Waals surface area contributed by atoms with Crippen LogP contribution in [-0.2, 0) is 9.59 Å². The summed E-state index contributed by atoms with van der Waals surface area (Å²) in [5, 5.41) is 6.95. The number of aromatic nitrogens is 1. The zero-order valence-corrected chi connectivity index (χ0v) is 19.5. The molecule has 1 aromatic heterocycles. The van der Waals surface area contributed by atoms with E-state index in [-0.39, 0.29) is 23.7 Å². The average molecular weight is 438 g/mol. The highest BCUT2D eigenvalue weighted by Gasteiger charge is 2.18. The van der Waals surface area contributed by atoms with Gasteiger partial charge in [-0.25, -0.2) is 4.98 Å². The van der Waals surface area contributed by atoms with E-state index in [9.17, 15) is 9.59 Å². The first-order valence-corrected chi connectivity index (χ1v) is 11.9. The van der Waals surface area contributed by atoms with Crippen molar-refractivity contribution in [1.82, 2.24) is 4.98 Å². The number of carbonyl (C=O) groups is 2. The van der Waals surface area contributed by atoms with E-state index in [0.29, 0.717) is 11.4 Å². The second-order valence-corrected chi connectivity index (χ2v) is 8.82. The lowest BCUT2D eigenvalue weighted by molar-refractivity contribution is -0.120. The zero-order valence-electron chi connectivity index (χ0n) is 18.7. The average Bonchev–Trinajstić information content (AvgIpc) is 3.20. The number of carbonyl (C=O) groups excluding carboxylic acids is 2. The molecule has 0 aliphatic rings. The van der Waals surface area contributed by atoms with Gasteiger partial charge in [0.2, 0.25) is 11.8 Å². The summed E-state index contributed by atoms with van der Waals surface area (Å²) in [5.41, 5.74) is 3.17. The van der Waals surface area contributed by atoms with Gasteiger partial charge in [-0.05, 0) is 56.0 Å². The molecule has 3 aromatic rings. The van der Waals surface area contributed by atoms with Gasteiger partial charge in [-0.3, -0.25) is 9.59 Å². The lowest BCUT2D eigenvalue weighted by Crippen LogP contribution is -2.23. The van der Waals surface area contributed by atoms with Crippen LogP contribution in [0.3, 0.4) is 0 Å². The van der Waals surface area contributed by atoms with Crippen LogP contribution in [0.25, 0.3) is 20.8 Å². The number of amides is 2. The lowest BCUT2D eigenvalue weighted by Gasteiger charge is -2.16. The first-order valence-electron chi connectivity index (χ1n) is 11.1. The monoisotopic (exact) mass is 437 g/mol. The third kappa shape index (κ3) is 5.50. The van der Waals surface area contributed by atoms with Crippen molar-refractivity contribution >= 4 is 44.7 Å². The molecule has 0 bridgehead atoms. The van der Waals surface area contributed by atoms with Gasteiger partial charge in [-0.15, -0.1) is 11.3 Å². The molecule has 0 spiro atoms. The molecule has 0 aliphatic heterocycles. The maximum atomic E-state index is 12.7. The van der Waals surface area contributed by atoms with E-state index >= 15 is 0 Å². The number of anilines is 2. The Morgan fingerprint density at radius 2 is 1.35 bits per heavy atom. The number of rotatable bonds is 9. The largest absolute Gasteiger partial charge is 0.326 e. The standard InChI is InChI=1S/C25H31N3O2S/c1-5-16(6-2)23(29)26-19-13-18(25-28-21-11-9-10-12-22(21)31-25)14-20(15-19)27-24(30)17(7-3)8-4/h9-17H,5-8H2,1-4H3,(H,26,29)(H,27,30). The van der Waals surface area contributed by atoms with Gasteiger partial charge < -0.3 is 10.6 Å². The van der Waals surface area contributed by atoms with E-state index < -0.39 is 0 Å². The number of hydrogen-bond acceptors (Lipinski definition) is 4. The summed E-state index contributed by atoms with van der Waals surface area (Å²) in [5.74, 6) is -0.0603. The molecule has 2 amide bonds. The van der Waals surface area contributed by atoms with Crippen LogP contribution in [0.5, 0.6) is 0 Å². The maximum Gasteiger partial charge on any atom is 0.227 e. The summed E-state index contributed by atoms with van der Waals surface area (Å²) >= 11 is 1.60. The van der Waals surface area contributed by atoms with Gasteiger partial charge in [0.05, 0.1) is 10.2 Å². The first-order chi connectivity index (χ1) is 15.0. The number of benzene rings is 2. The first kappa shape index (κ1) is 22.9. The normalized spacial score (nSPS) is 11.3. The van der Waals surface area contributed by atoms with E-state index in [0.717, 1.165) is 46.5 Å². The minimum atomic E-state index is -0.0336. The SMILES string of the molecule is CCC(CC)C(=O)Nc1cc(NC(=O)C(CC)CC)cc(-c2nc3ccccc3s2)c1. The van der Waals surface area contributed by atoms with Crippen LogP contribution >= 0.6 is 11.3 Å². The van der Waals surface area contributed by atoms with Gasteiger partial charge in [0.1, 0.15) is 5.01 Å². The van der Waals surface area contributed by atoms with Gasteiger partial charge in [-0.1, -0.05) is 39.8 Å². The number of para-hydroxylation sites is 1. The van der Waals surface area contributed by atoms with Crippen molar-refractivity contribution in [2.45, 2.75) is 53.4 Å². The minimum absolute atomic E-state index is 0.00344. The summed E-state index contributed by atoms with van der Waals surface area (Å²) in [7, 11) is 0. The summed E-state index contributed by atoms with van der Waals surface area (Å²) in [6.07, 6.45) is 3.16. The number of thiazole rings is 1. The van der Waals surface area contributed by atoms with Crippen LogP contribution in [-0.4, -0.2) is 16.8 Å². The Morgan fingerprint density at radius 1 is 0.839 bits per heavy atom. The van der Waals surface area contributed by atoms with Gasteiger partial charge >= 0.3 is 0 Å². The van der Waals surface area contributed by atoms with E-state index in [4.69, 9.17) is 4.98 Å². The molecular weight excluding hydrogens is 406 g/mol. The summed E-state index contributed by atoms with van der Waals surface area (Å²) in [6, 6.07) is 13.7.